The van der Waals surface area contributed by atoms with Gasteiger partial charge in [0.15, 0.2) is 10.9 Å². The van der Waals surface area contributed by atoms with Crippen molar-refractivity contribution in [2.75, 3.05) is 31.5 Å². The summed E-state index contributed by atoms with van der Waals surface area (Å²) < 4.78 is 10.7. The third-order valence-electron chi connectivity index (χ3n) is 5.54. The van der Waals surface area contributed by atoms with Crippen LogP contribution in [0.1, 0.15) is 36.2 Å². The van der Waals surface area contributed by atoms with Gasteiger partial charge in [0.05, 0.1) is 12.2 Å². The largest absolute Gasteiger partial charge is 0.361 e. The van der Waals surface area contributed by atoms with E-state index in [4.69, 9.17) is 21.3 Å². The quantitative estimate of drug-likeness (QED) is 0.595. The Hall–Kier alpha value is -2.78. The number of hydrogen-bond donors (Lipinski definition) is 1. The minimum absolute atomic E-state index is 0.461. The fourth-order valence-corrected chi connectivity index (χ4v) is 4.11. The van der Waals surface area contributed by atoms with Gasteiger partial charge in [0.2, 0.25) is 0 Å². The summed E-state index contributed by atoms with van der Waals surface area (Å²) in [5.74, 6) is 1.81. The average molecular weight is 441 g/mol. The molecule has 164 valence electrons. The van der Waals surface area contributed by atoms with Crippen LogP contribution in [0.3, 0.4) is 0 Å². The first kappa shape index (κ1) is 21.5. The number of rotatable bonds is 5. The van der Waals surface area contributed by atoms with E-state index in [9.17, 15) is 0 Å². The maximum Gasteiger partial charge on any atom is 0.263 e. The van der Waals surface area contributed by atoms with E-state index in [0.29, 0.717) is 24.0 Å². The summed E-state index contributed by atoms with van der Waals surface area (Å²) in [6.07, 6.45) is 2.03. The maximum atomic E-state index is 5.68. The van der Waals surface area contributed by atoms with Crippen LogP contribution in [-0.4, -0.2) is 56.4 Å². The summed E-state index contributed by atoms with van der Waals surface area (Å²) in [6, 6.07) is 8.41. The van der Waals surface area contributed by atoms with E-state index in [1.54, 1.807) is 0 Å². The third kappa shape index (κ3) is 5.11. The Balaban J connectivity index is 1.33. The van der Waals surface area contributed by atoms with Crippen LogP contribution in [0.2, 0.25) is 0 Å². The van der Waals surface area contributed by atoms with Gasteiger partial charge in [0.1, 0.15) is 11.3 Å². The molecular weight excluding hydrogens is 412 g/mol. The lowest BCUT2D eigenvalue weighted by atomic mass is 10.1. The Kier molecular flexibility index (Phi) is 6.62. The zero-order valence-electron chi connectivity index (χ0n) is 18.2. The van der Waals surface area contributed by atoms with Crippen LogP contribution in [0.5, 0.6) is 0 Å². The molecule has 0 amide bonds. The molecule has 31 heavy (non-hydrogen) atoms. The van der Waals surface area contributed by atoms with Crippen LogP contribution in [0.25, 0.3) is 11.5 Å². The van der Waals surface area contributed by atoms with Crippen LogP contribution in [0, 0.1) is 13.8 Å². The van der Waals surface area contributed by atoms with Crippen molar-refractivity contribution in [3.63, 3.8) is 0 Å². The second kappa shape index (κ2) is 9.57. The summed E-state index contributed by atoms with van der Waals surface area (Å²) in [7, 11) is 0. The molecule has 4 rings (SSSR count). The molecule has 1 fully saturated rings. The second-order valence-electron chi connectivity index (χ2n) is 7.82. The molecule has 9 heteroatoms. The number of hydrogen-bond acceptors (Lipinski definition) is 7. The topological polar surface area (TPSA) is 83.5 Å². The van der Waals surface area contributed by atoms with E-state index in [-0.39, 0.29) is 0 Å². The molecule has 0 spiro atoms. The van der Waals surface area contributed by atoms with Crippen molar-refractivity contribution < 1.29 is 9.05 Å². The van der Waals surface area contributed by atoms with Crippen LogP contribution < -0.4 is 5.32 Å². The van der Waals surface area contributed by atoms with Gasteiger partial charge < -0.3 is 19.3 Å². The molecule has 8 nitrogen and oxygen atoms in total. The molecule has 1 aliphatic rings. The van der Waals surface area contributed by atoms with Crippen LogP contribution in [-0.2, 0) is 13.0 Å². The summed E-state index contributed by atoms with van der Waals surface area (Å²) >= 11 is 5.68. The highest BCUT2D eigenvalue weighted by Gasteiger charge is 2.21. The average Bonchev–Trinajstić information content (AvgIpc) is 3.26. The Labute approximate surface area is 187 Å². The van der Waals surface area contributed by atoms with Gasteiger partial charge in [-0.15, -0.1) is 0 Å². The second-order valence-corrected chi connectivity index (χ2v) is 8.20. The van der Waals surface area contributed by atoms with Gasteiger partial charge in [-0.25, -0.2) is 0 Å². The fraction of sp³-hybridized carbons (Fsp3) is 0.455. The predicted molar refractivity (Wildman–Crippen MR) is 123 cm³/mol. The molecule has 2 aromatic heterocycles. The molecular formula is C22H28N6O2S. The number of thiocarbonyl (C=S) groups is 1. The Morgan fingerprint density at radius 3 is 2.77 bits per heavy atom. The van der Waals surface area contributed by atoms with Crippen LogP contribution in [0.15, 0.2) is 33.3 Å². The van der Waals surface area contributed by atoms with Crippen LogP contribution in [0.4, 0.5) is 5.69 Å². The fourth-order valence-electron chi connectivity index (χ4n) is 3.81. The summed E-state index contributed by atoms with van der Waals surface area (Å²) in [4.78, 5) is 9.13. The molecule has 1 saturated heterocycles. The molecule has 3 heterocycles. The van der Waals surface area contributed by atoms with E-state index in [0.717, 1.165) is 61.1 Å². The molecule has 1 aromatic carbocycles. The lowest BCUT2D eigenvalue weighted by Gasteiger charge is -2.24. The molecule has 0 atom stereocenters. The minimum atomic E-state index is 0.461. The van der Waals surface area contributed by atoms with Crippen molar-refractivity contribution in [1.82, 2.24) is 25.1 Å². The van der Waals surface area contributed by atoms with Gasteiger partial charge in [-0.3, -0.25) is 4.90 Å². The molecule has 0 saturated carbocycles. The van der Waals surface area contributed by atoms with E-state index in [2.05, 4.69) is 61.6 Å². The van der Waals surface area contributed by atoms with Crippen LogP contribution >= 0.6 is 12.2 Å². The molecule has 0 bridgehead atoms. The first-order valence-corrected chi connectivity index (χ1v) is 11.1. The van der Waals surface area contributed by atoms with Crippen molar-refractivity contribution in [2.45, 2.75) is 40.2 Å². The zero-order valence-corrected chi connectivity index (χ0v) is 19.0. The van der Waals surface area contributed by atoms with Crippen molar-refractivity contribution in [3.8, 4) is 11.5 Å². The Bertz CT molecular complexity index is 1030. The van der Waals surface area contributed by atoms with Crippen molar-refractivity contribution in [3.05, 3.63) is 47.1 Å². The molecule has 0 aliphatic carbocycles. The minimum Gasteiger partial charge on any atom is -0.361 e. The number of anilines is 1. The van der Waals surface area contributed by atoms with E-state index in [1.807, 2.05) is 13.8 Å². The molecule has 1 N–H and O–H groups in total. The van der Waals surface area contributed by atoms with Crippen molar-refractivity contribution in [1.29, 1.82) is 0 Å². The van der Waals surface area contributed by atoms with Gasteiger partial charge in [-0.2, -0.15) is 4.98 Å². The Morgan fingerprint density at radius 1 is 1.13 bits per heavy atom. The number of aromatic nitrogens is 3. The van der Waals surface area contributed by atoms with Gasteiger partial charge in [0.25, 0.3) is 5.89 Å². The Morgan fingerprint density at radius 2 is 2.00 bits per heavy atom. The lowest BCUT2D eigenvalue weighted by Crippen LogP contribution is -2.37. The molecule has 0 unspecified atom stereocenters. The zero-order chi connectivity index (χ0) is 21.8. The predicted octanol–water partition coefficient (Wildman–Crippen LogP) is 3.81. The van der Waals surface area contributed by atoms with Gasteiger partial charge in [-0.1, -0.05) is 29.4 Å². The first-order valence-electron chi connectivity index (χ1n) is 10.7. The number of benzene rings is 1. The smallest absolute Gasteiger partial charge is 0.263 e. The first-order chi connectivity index (χ1) is 15.0. The third-order valence-corrected chi connectivity index (χ3v) is 5.90. The highest BCUT2D eigenvalue weighted by atomic mass is 32.1. The maximum absolute atomic E-state index is 5.68. The highest BCUT2D eigenvalue weighted by molar-refractivity contribution is 7.80. The molecule has 1 aliphatic heterocycles. The van der Waals surface area contributed by atoms with E-state index >= 15 is 0 Å². The number of nitrogens with zero attached hydrogens (tertiary/aromatic N) is 5. The monoisotopic (exact) mass is 440 g/mol. The summed E-state index contributed by atoms with van der Waals surface area (Å²) in [5.41, 5.74) is 3.88. The number of nitrogens with one attached hydrogen (secondary N) is 1. The van der Waals surface area contributed by atoms with E-state index in [1.165, 1.54) is 5.56 Å². The summed E-state index contributed by atoms with van der Waals surface area (Å²) in [6.45, 7) is 10.1. The molecule has 0 radical (unpaired) electrons. The highest BCUT2D eigenvalue weighted by Crippen LogP contribution is 2.25. The van der Waals surface area contributed by atoms with Gasteiger partial charge in [-0.05, 0) is 56.6 Å². The van der Waals surface area contributed by atoms with E-state index < -0.39 is 0 Å². The standard InChI is InChI=1S/C22H28N6O2S/c1-4-17-7-5-8-18(13-17)23-22(31)28-10-6-9-27(11-12-28)14-19-24-21(30-26-19)20-15(2)25-29-16(20)3/h5,7-8,13H,4,6,9-12,14H2,1-3H3,(H,23,31). The summed E-state index contributed by atoms with van der Waals surface area (Å²) in [5, 5.41) is 12.3. The van der Waals surface area contributed by atoms with Crippen molar-refractivity contribution >= 4 is 23.0 Å². The molecule has 3 aromatic rings. The SMILES string of the molecule is CCc1cccc(NC(=S)N2CCCN(Cc3noc(-c4c(C)noc4C)n3)CC2)c1. The van der Waals surface area contributed by atoms with Crippen molar-refractivity contribution in [2.24, 2.45) is 0 Å². The lowest BCUT2D eigenvalue weighted by molar-refractivity contribution is 0.266. The van der Waals surface area contributed by atoms with Gasteiger partial charge >= 0.3 is 0 Å². The number of aryl methyl sites for hydroxylation is 3. The van der Waals surface area contributed by atoms with Gasteiger partial charge in [0, 0.05) is 31.9 Å². The normalized spacial score (nSPS) is 15.1.